The van der Waals surface area contributed by atoms with Gasteiger partial charge in [0.2, 0.25) is 6.71 Å². The van der Waals surface area contributed by atoms with Crippen LogP contribution in [0.25, 0.3) is 22.7 Å². The molecule has 6 aliphatic carbocycles. The Kier molecular flexibility index (Phi) is 9.17. The van der Waals surface area contributed by atoms with E-state index in [1.165, 1.54) is 89.6 Å². The lowest BCUT2D eigenvalue weighted by atomic mass is 9.28. The average molecular weight is 881 g/mol. The Hall–Kier alpha value is -6.98. The molecule has 5 aromatic rings. The Morgan fingerprint density at radius 2 is 1.41 bits per heavy atom. The van der Waals surface area contributed by atoms with Crippen molar-refractivity contribution < 1.29 is 0 Å². The van der Waals surface area contributed by atoms with E-state index >= 15 is 0 Å². The monoisotopic (exact) mass is 880 g/mol. The van der Waals surface area contributed by atoms with Crippen molar-refractivity contribution in [3.63, 3.8) is 0 Å². The van der Waals surface area contributed by atoms with Crippen LogP contribution in [0.1, 0.15) is 75.1 Å². The van der Waals surface area contributed by atoms with E-state index in [2.05, 4.69) is 227 Å². The van der Waals surface area contributed by atoms with Gasteiger partial charge in [0.25, 0.3) is 0 Å². The molecule has 0 amide bonds. The van der Waals surface area contributed by atoms with Gasteiger partial charge >= 0.3 is 0 Å². The highest BCUT2D eigenvalue weighted by atomic mass is 15.2. The second kappa shape index (κ2) is 15.5. The molecule has 0 N–H and O–H groups in total. The van der Waals surface area contributed by atoms with Crippen LogP contribution in [0.3, 0.4) is 0 Å². The SMILES string of the molecule is CC(C)(C1=CC2C3B(c4ccccc4N(C4C=CC=CC4)C3=C1)c1cc(N3c4ccccc4C4C=CC=CC43)ccc1N2C1=CC=C(n2c3c(c4ccccc42)C=CCC3)CC1)C1=CC=CCC1. The number of benzene rings is 4. The summed E-state index contributed by atoms with van der Waals surface area (Å²) >= 11 is 0. The van der Waals surface area contributed by atoms with E-state index in [0.29, 0.717) is 5.92 Å². The van der Waals surface area contributed by atoms with Gasteiger partial charge in [-0.25, -0.2) is 0 Å². The maximum absolute atomic E-state index is 2.82. The zero-order chi connectivity index (χ0) is 45.1. The van der Waals surface area contributed by atoms with Gasteiger partial charge in [0.15, 0.2) is 0 Å². The molecule has 68 heavy (non-hydrogen) atoms. The summed E-state index contributed by atoms with van der Waals surface area (Å²) in [6, 6.07) is 35.7. The second-order valence-electron chi connectivity index (χ2n) is 20.8. The van der Waals surface area contributed by atoms with Crippen LogP contribution in [0.2, 0.25) is 5.82 Å². The van der Waals surface area contributed by atoms with Crippen molar-refractivity contribution in [2.75, 3.05) is 14.7 Å². The molecule has 0 radical (unpaired) electrons. The lowest BCUT2D eigenvalue weighted by Gasteiger charge is -2.56. The number of hydrogen-bond donors (Lipinski definition) is 0. The maximum atomic E-state index is 2.82. The maximum Gasteiger partial charge on any atom is 0.226 e. The van der Waals surface area contributed by atoms with E-state index in [4.69, 9.17) is 0 Å². The minimum Gasteiger partial charge on any atom is -0.339 e. The summed E-state index contributed by atoms with van der Waals surface area (Å²) in [4.78, 5) is 8.22. The third-order valence-corrected chi connectivity index (χ3v) is 17.1. The van der Waals surface area contributed by atoms with Crippen LogP contribution in [-0.2, 0) is 6.42 Å². The van der Waals surface area contributed by atoms with Gasteiger partial charge in [-0.15, -0.1) is 0 Å². The average Bonchev–Trinajstić information content (AvgIpc) is 3.92. The highest BCUT2D eigenvalue weighted by Gasteiger charge is 2.54. The third-order valence-electron chi connectivity index (χ3n) is 17.1. The van der Waals surface area contributed by atoms with E-state index < -0.39 is 0 Å². The molecule has 5 heteroatoms. The smallest absolute Gasteiger partial charge is 0.226 e. The topological polar surface area (TPSA) is 14.7 Å². The van der Waals surface area contributed by atoms with Crippen LogP contribution in [0.4, 0.5) is 22.7 Å². The van der Waals surface area contributed by atoms with Crippen LogP contribution >= 0.6 is 0 Å². The molecule has 332 valence electrons. The zero-order valence-electron chi connectivity index (χ0n) is 39.2. The molecular formula is C63H57BN4. The van der Waals surface area contributed by atoms with Gasteiger partial charge in [-0.05, 0) is 116 Å². The Morgan fingerprint density at radius 3 is 2.28 bits per heavy atom. The fraction of sp³-hybridized carbons (Fsp3) is 0.238. The molecule has 4 nitrogen and oxygen atoms in total. The van der Waals surface area contributed by atoms with Gasteiger partial charge in [0, 0.05) is 73.6 Å². The first-order chi connectivity index (χ1) is 33.5. The molecule has 4 aromatic carbocycles. The predicted molar refractivity (Wildman–Crippen MR) is 288 cm³/mol. The van der Waals surface area contributed by atoms with Crippen LogP contribution in [0.5, 0.6) is 0 Å². The number of hydrogen-bond acceptors (Lipinski definition) is 3. The van der Waals surface area contributed by atoms with Crippen molar-refractivity contribution in [3.8, 4) is 0 Å². The number of anilines is 4. The standard InChI is InChI=1S/C63H57BN4/c1-63(2,42-19-5-3-6-20-42)43-39-60-62-61(40-43)67(46-35-33-45(34-36-46)65-54-28-14-9-23-48(54)49-24-10-15-29-55(49)65)59-38-37-47(68-56-30-16-11-25-50(56)51-26-12-17-31-57(51)68)41-53(59)64(62)52-27-13-18-32-58(52)66(60)44-21-7-4-8-22-44/h3-5,7-14,16-19,21,23-28,30-33,35,37-41,44,50,56,61-62H,6,15,20,22,29,34,36H2,1-2H3. The Labute approximate surface area is 402 Å². The molecule has 9 aliphatic rings. The normalized spacial score (nSPS) is 24.9. The molecule has 5 unspecified atom stereocenters. The number of allylic oxidation sites excluding steroid dienone is 15. The van der Waals surface area contributed by atoms with Crippen LogP contribution < -0.4 is 25.6 Å². The van der Waals surface area contributed by atoms with Crippen LogP contribution in [-0.4, -0.2) is 29.4 Å². The minimum absolute atomic E-state index is 0.112. The number of fused-ring (bicyclic) bond motifs is 10. The summed E-state index contributed by atoms with van der Waals surface area (Å²) in [6.45, 7) is 5.14. The summed E-state index contributed by atoms with van der Waals surface area (Å²) in [5, 5.41) is 1.36. The van der Waals surface area contributed by atoms with Gasteiger partial charge < -0.3 is 19.3 Å². The Bertz CT molecular complexity index is 3320. The number of nitrogens with zero attached hydrogens (tertiary/aromatic N) is 4. The van der Waals surface area contributed by atoms with Crippen molar-refractivity contribution >= 4 is 63.1 Å². The molecular weight excluding hydrogens is 824 g/mol. The molecule has 1 aromatic heterocycles. The van der Waals surface area contributed by atoms with E-state index in [-0.39, 0.29) is 36.1 Å². The first-order valence-electron chi connectivity index (χ1n) is 25.4. The van der Waals surface area contributed by atoms with Gasteiger partial charge in [0.05, 0.1) is 23.6 Å². The highest BCUT2D eigenvalue weighted by molar-refractivity contribution is 6.90. The molecule has 5 atom stereocenters. The summed E-state index contributed by atoms with van der Waals surface area (Å²) in [5.74, 6) is 0.526. The molecule has 0 bridgehead atoms. The Balaban J connectivity index is 0.996. The fourth-order valence-electron chi connectivity index (χ4n) is 13.8. The Morgan fingerprint density at radius 1 is 0.618 bits per heavy atom. The lowest BCUT2D eigenvalue weighted by Crippen LogP contribution is -2.65. The molecule has 0 fully saturated rings. The first kappa shape index (κ1) is 40.1. The van der Waals surface area contributed by atoms with Crippen molar-refractivity contribution in [3.05, 3.63) is 228 Å². The summed E-state index contributed by atoms with van der Waals surface area (Å²) < 4.78 is 2.61. The summed E-state index contributed by atoms with van der Waals surface area (Å²) in [6.07, 6.45) is 48.0. The molecule has 4 heterocycles. The van der Waals surface area contributed by atoms with Gasteiger partial charge in [-0.3, -0.25) is 0 Å². The zero-order valence-corrected chi connectivity index (χ0v) is 39.2. The first-order valence-corrected chi connectivity index (χ1v) is 25.4. The van der Waals surface area contributed by atoms with Gasteiger partial charge in [-0.2, -0.15) is 0 Å². The minimum atomic E-state index is -0.141. The largest absolute Gasteiger partial charge is 0.339 e. The molecule has 0 spiro atoms. The van der Waals surface area contributed by atoms with E-state index in [9.17, 15) is 0 Å². The van der Waals surface area contributed by atoms with Crippen molar-refractivity contribution in [1.29, 1.82) is 0 Å². The van der Waals surface area contributed by atoms with Crippen LogP contribution in [0, 0.1) is 5.41 Å². The predicted octanol–water partition coefficient (Wildman–Crippen LogP) is 13.5. The third kappa shape index (κ3) is 5.93. The molecule has 14 rings (SSSR count). The quantitative estimate of drug-likeness (QED) is 0.158. The second-order valence-corrected chi connectivity index (χ2v) is 20.8. The van der Waals surface area contributed by atoms with Crippen molar-refractivity contribution in [2.24, 2.45) is 5.41 Å². The van der Waals surface area contributed by atoms with Gasteiger partial charge in [0.1, 0.15) is 0 Å². The molecule has 0 saturated heterocycles. The van der Waals surface area contributed by atoms with E-state index in [1.54, 1.807) is 0 Å². The molecule has 3 aliphatic heterocycles. The summed E-state index contributed by atoms with van der Waals surface area (Å²) in [5.41, 5.74) is 20.8. The van der Waals surface area contributed by atoms with E-state index in [0.717, 1.165) is 44.9 Å². The fourth-order valence-corrected chi connectivity index (χ4v) is 13.8. The number of rotatable bonds is 6. The van der Waals surface area contributed by atoms with E-state index in [1.807, 2.05) is 0 Å². The highest BCUT2D eigenvalue weighted by Crippen LogP contribution is 2.54. The number of para-hydroxylation sites is 3. The summed E-state index contributed by atoms with van der Waals surface area (Å²) in [7, 11) is 0. The number of aromatic nitrogens is 1. The lowest BCUT2D eigenvalue weighted by molar-refractivity contribution is 0.509. The van der Waals surface area contributed by atoms with Gasteiger partial charge in [-0.1, -0.05) is 165 Å². The van der Waals surface area contributed by atoms with Crippen molar-refractivity contribution in [1.82, 2.24) is 4.57 Å². The van der Waals surface area contributed by atoms with Crippen LogP contribution in [0.15, 0.2) is 211 Å². The molecule has 0 saturated carbocycles. The van der Waals surface area contributed by atoms with Crippen molar-refractivity contribution in [2.45, 2.75) is 88.7 Å².